The van der Waals surface area contributed by atoms with Gasteiger partial charge in [-0.1, -0.05) is 18.2 Å². The third-order valence-electron chi connectivity index (χ3n) is 4.26. The van der Waals surface area contributed by atoms with E-state index in [0.717, 1.165) is 41.4 Å². The molecule has 4 nitrogen and oxygen atoms in total. The second-order valence-electron chi connectivity index (χ2n) is 5.81. The minimum atomic E-state index is -0.662. The minimum absolute atomic E-state index is 0.0295. The van der Waals surface area contributed by atoms with E-state index in [1.807, 2.05) is 31.2 Å². The van der Waals surface area contributed by atoms with Crippen molar-refractivity contribution in [2.75, 3.05) is 6.54 Å². The zero-order valence-electron chi connectivity index (χ0n) is 11.7. The first-order valence-corrected chi connectivity index (χ1v) is 7.13. The Morgan fingerprint density at radius 2 is 2.15 bits per heavy atom. The van der Waals surface area contributed by atoms with E-state index in [-0.39, 0.29) is 5.91 Å². The predicted molar refractivity (Wildman–Crippen MR) is 78.6 cm³/mol. The van der Waals surface area contributed by atoms with E-state index < -0.39 is 5.60 Å². The molecule has 3 rings (SSSR count). The highest BCUT2D eigenvalue weighted by Crippen LogP contribution is 2.30. The SMILES string of the molecule is Cc1[nH]c2ccccc2c1CC(=O)NCC1(O)CCC1. The Morgan fingerprint density at radius 1 is 1.40 bits per heavy atom. The molecule has 1 aromatic heterocycles. The Balaban J connectivity index is 1.69. The fourth-order valence-corrected chi connectivity index (χ4v) is 2.81. The molecule has 1 heterocycles. The minimum Gasteiger partial charge on any atom is -0.388 e. The van der Waals surface area contributed by atoms with E-state index in [1.165, 1.54) is 0 Å². The van der Waals surface area contributed by atoms with E-state index >= 15 is 0 Å². The van der Waals surface area contributed by atoms with Gasteiger partial charge in [-0.2, -0.15) is 0 Å². The summed E-state index contributed by atoms with van der Waals surface area (Å²) in [7, 11) is 0. The average molecular weight is 272 g/mol. The smallest absolute Gasteiger partial charge is 0.224 e. The molecule has 1 amide bonds. The van der Waals surface area contributed by atoms with Crippen molar-refractivity contribution in [3.8, 4) is 0 Å². The lowest BCUT2D eigenvalue weighted by Crippen LogP contribution is -2.48. The molecule has 1 aliphatic carbocycles. The lowest BCUT2D eigenvalue weighted by atomic mass is 9.80. The number of amides is 1. The van der Waals surface area contributed by atoms with Gasteiger partial charge in [0.05, 0.1) is 12.0 Å². The zero-order valence-corrected chi connectivity index (χ0v) is 11.7. The molecule has 0 unspecified atom stereocenters. The van der Waals surface area contributed by atoms with Gasteiger partial charge >= 0.3 is 0 Å². The molecule has 106 valence electrons. The van der Waals surface area contributed by atoms with Crippen molar-refractivity contribution in [1.82, 2.24) is 10.3 Å². The molecule has 20 heavy (non-hydrogen) atoms. The highest BCUT2D eigenvalue weighted by Gasteiger charge is 2.34. The highest BCUT2D eigenvalue weighted by molar-refractivity contribution is 5.90. The number of rotatable bonds is 4. The fraction of sp³-hybridized carbons (Fsp3) is 0.438. The molecule has 1 aliphatic rings. The molecule has 2 aromatic rings. The molecule has 1 saturated carbocycles. The Bertz CT molecular complexity index is 641. The van der Waals surface area contributed by atoms with E-state index in [0.29, 0.717) is 13.0 Å². The van der Waals surface area contributed by atoms with Crippen molar-refractivity contribution in [3.05, 3.63) is 35.5 Å². The molecular weight excluding hydrogens is 252 g/mol. The molecule has 0 saturated heterocycles. The number of benzene rings is 1. The normalized spacial score (nSPS) is 16.9. The summed E-state index contributed by atoms with van der Waals surface area (Å²) < 4.78 is 0. The van der Waals surface area contributed by atoms with Crippen molar-refractivity contribution < 1.29 is 9.90 Å². The molecule has 1 fully saturated rings. The maximum atomic E-state index is 12.1. The lowest BCUT2D eigenvalue weighted by molar-refractivity contribution is -0.122. The average Bonchev–Trinajstić information content (AvgIpc) is 2.71. The number of carbonyl (C=O) groups excluding carboxylic acids is 1. The summed E-state index contributed by atoms with van der Waals surface area (Å²) in [4.78, 5) is 15.4. The molecular formula is C16H20N2O2. The number of hydrogen-bond acceptors (Lipinski definition) is 2. The number of H-pyrrole nitrogens is 1. The number of aromatic nitrogens is 1. The number of para-hydroxylation sites is 1. The van der Waals surface area contributed by atoms with Gasteiger partial charge in [-0.15, -0.1) is 0 Å². The van der Waals surface area contributed by atoms with Crippen LogP contribution in [0, 0.1) is 6.92 Å². The van der Waals surface area contributed by atoms with Crippen LogP contribution in [-0.4, -0.2) is 28.1 Å². The first-order valence-electron chi connectivity index (χ1n) is 7.13. The third-order valence-corrected chi connectivity index (χ3v) is 4.26. The van der Waals surface area contributed by atoms with Gasteiger partial charge in [0.2, 0.25) is 5.91 Å². The summed E-state index contributed by atoms with van der Waals surface area (Å²) in [6, 6.07) is 8.00. The summed E-state index contributed by atoms with van der Waals surface area (Å²) in [5.74, 6) is -0.0295. The van der Waals surface area contributed by atoms with E-state index in [9.17, 15) is 9.90 Å². The van der Waals surface area contributed by atoms with Crippen LogP contribution in [0.4, 0.5) is 0 Å². The van der Waals surface area contributed by atoms with Crippen LogP contribution < -0.4 is 5.32 Å². The topological polar surface area (TPSA) is 65.1 Å². The Morgan fingerprint density at radius 3 is 2.85 bits per heavy atom. The van der Waals surface area contributed by atoms with Gasteiger partial charge in [-0.3, -0.25) is 4.79 Å². The predicted octanol–water partition coefficient (Wildman–Crippen LogP) is 2.05. The van der Waals surface area contributed by atoms with Gasteiger partial charge in [0, 0.05) is 23.1 Å². The van der Waals surface area contributed by atoms with Gasteiger partial charge in [0.1, 0.15) is 0 Å². The number of carbonyl (C=O) groups is 1. The first-order chi connectivity index (χ1) is 9.57. The highest BCUT2D eigenvalue weighted by atomic mass is 16.3. The zero-order chi connectivity index (χ0) is 14.2. The summed E-state index contributed by atoms with van der Waals surface area (Å²) in [6.45, 7) is 2.36. The van der Waals surface area contributed by atoms with Crippen LogP contribution in [0.25, 0.3) is 10.9 Å². The summed E-state index contributed by atoms with van der Waals surface area (Å²) in [6.07, 6.45) is 2.98. The molecule has 0 spiro atoms. The second kappa shape index (κ2) is 4.94. The van der Waals surface area contributed by atoms with Crippen LogP contribution >= 0.6 is 0 Å². The van der Waals surface area contributed by atoms with Gasteiger partial charge in [0.25, 0.3) is 0 Å². The number of aryl methyl sites for hydroxylation is 1. The monoisotopic (exact) mass is 272 g/mol. The van der Waals surface area contributed by atoms with Crippen molar-refractivity contribution in [2.24, 2.45) is 0 Å². The maximum Gasteiger partial charge on any atom is 0.224 e. The fourth-order valence-electron chi connectivity index (χ4n) is 2.81. The molecule has 0 bridgehead atoms. The standard InChI is InChI=1S/C16H20N2O2/c1-11-13(12-5-2-3-6-14(12)18-11)9-15(19)17-10-16(20)7-4-8-16/h2-3,5-6,18,20H,4,7-10H2,1H3,(H,17,19). The maximum absolute atomic E-state index is 12.1. The second-order valence-corrected chi connectivity index (χ2v) is 5.81. The largest absolute Gasteiger partial charge is 0.388 e. The summed E-state index contributed by atoms with van der Waals surface area (Å²) in [5, 5.41) is 13.9. The van der Waals surface area contributed by atoms with Crippen molar-refractivity contribution in [1.29, 1.82) is 0 Å². The molecule has 0 radical (unpaired) electrons. The Labute approximate surface area is 118 Å². The van der Waals surface area contributed by atoms with E-state index in [1.54, 1.807) is 0 Å². The van der Waals surface area contributed by atoms with Gasteiger partial charge < -0.3 is 15.4 Å². The van der Waals surface area contributed by atoms with E-state index in [4.69, 9.17) is 0 Å². The Kier molecular flexibility index (Phi) is 3.26. The van der Waals surface area contributed by atoms with Crippen molar-refractivity contribution in [2.45, 2.75) is 38.2 Å². The lowest BCUT2D eigenvalue weighted by Gasteiger charge is -2.36. The molecule has 0 atom stereocenters. The summed E-state index contributed by atoms with van der Waals surface area (Å²) in [5.41, 5.74) is 2.47. The molecule has 4 heteroatoms. The number of aromatic amines is 1. The van der Waals surface area contributed by atoms with Gasteiger partial charge in [-0.05, 0) is 37.8 Å². The van der Waals surface area contributed by atoms with Crippen LogP contribution in [0.5, 0.6) is 0 Å². The van der Waals surface area contributed by atoms with Crippen LogP contribution in [0.2, 0.25) is 0 Å². The van der Waals surface area contributed by atoms with Gasteiger partial charge in [-0.25, -0.2) is 0 Å². The van der Waals surface area contributed by atoms with Crippen LogP contribution in [0.1, 0.15) is 30.5 Å². The Hall–Kier alpha value is -1.81. The molecule has 3 N–H and O–H groups in total. The molecule has 1 aromatic carbocycles. The number of aliphatic hydroxyl groups is 1. The van der Waals surface area contributed by atoms with E-state index in [2.05, 4.69) is 10.3 Å². The number of hydrogen-bond donors (Lipinski definition) is 3. The third kappa shape index (κ3) is 2.43. The van der Waals surface area contributed by atoms with Crippen LogP contribution in [0.3, 0.4) is 0 Å². The van der Waals surface area contributed by atoms with Crippen molar-refractivity contribution in [3.63, 3.8) is 0 Å². The van der Waals surface area contributed by atoms with Gasteiger partial charge in [0.15, 0.2) is 0 Å². The molecule has 0 aliphatic heterocycles. The summed E-state index contributed by atoms with van der Waals surface area (Å²) >= 11 is 0. The van der Waals surface area contributed by atoms with Crippen LogP contribution in [0.15, 0.2) is 24.3 Å². The number of fused-ring (bicyclic) bond motifs is 1. The first kappa shape index (κ1) is 13.2. The quantitative estimate of drug-likeness (QED) is 0.797. The number of nitrogens with one attached hydrogen (secondary N) is 2. The van der Waals surface area contributed by atoms with Crippen molar-refractivity contribution >= 4 is 16.8 Å². The van der Waals surface area contributed by atoms with Crippen LogP contribution in [-0.2, 0) is 11.2 Å².